The highest BCUT2D eigenvalue weighted by atomic mass is 19.1. The molecule has 36 heavy (non-hydrogen) atoms. The fourth-order valence-corrected chi connectivity index (χ4v) is 3.78. The first-order chi connectivity index (χ1) is 17.5. The third-order valence-electron chi connectivity index (χ3n) is 5.45. The molecule has 1 fully saturated rings. The molecule has 5 rings (SSSR count). The van der Waals surface area contributed by atoms with E-state index in [-0.39, 0.29) is 29.4 Å². The summed E-state index contributed by atoms with van der Waals surface area (Å²) in [5.74, 6) is -0.887. The van der Waals surface area contributed by atoms with Crippen molar-refractivity contribution in [3.05, 3.63) is 65.3 Å². The summed E-state index contributed by atoms with van der Waals surface area (Å²) in [6, 6.07) is 9.19. The van der Waals surface area contributed by atoms with Crippen LogP contribution in [0.15, 0.2) is 52.0 Å². The number of aromatic hydroxyl groups is 1. The van der Waals surface area contributed by atoms with Gasteiger partial charge in [0.05, 0.1) is 0 Å². The molecule has 0 aliphatic carbocycles. The molecule has 0 unspecified atom stereocenters. The number of carboxylic acid groups (broad SMARTS) is 1. The highest BCUT2D eigenvalue weighted by Gasteiger charge is 2.29. The number of fused-ring (bicyclic) bond motifs is 1. The summed E-state index contributed by atoms with van der Waals surface area (Å²) < 4.78 is 19.1. The molecule has 0 bridgehead atoms. The average molecular weight is 494 g/mol. The third-order valence-corrected chi connectivity index (χ3v) is 5.45. The number of pyridine rings is 1. The van der Waals surface area contributed by atoms with Gasteiger partial charge in [-0.2, -0.15) is 0 Å². The number of halogens is 1. The van der Waals surface area contributed by atoms with Crippen molar-refractivity contribution in [1.82, 2.24) is 10.0 Å². The van der Waals surface area contributed by atoms with E-state index in [2.05, 4.69) is 15.3 Å². The Kier molecular flexibility index (Phi) is 7.71. The van der Waals surface area contributed by atoms with E-state index >= 15 is 0 Å². The molecule has 1 aromatic carbocycles. The Labute approximate surface area is 205 Å². The smallest absolute Gasteiger partial charge is 0.366 e. The van der Waals surface area contributed by atoms with Crippen molar-refractivity contribution in [2.24, 2.45) is 4.99 Å². The van der Waals surface area contributed by atoms with Gasteiger partial charge in [-0.25, -0.2) is 19.2 Å². The van der Waals surface area contributed by atoms with Crippen molar-refractivity contribution in [3.63, 3.8) is 0 Å². The lowest BCUT2D eigenvalue weighted by Crippen LogP contribution is -2.32. The lowest BCUT2D eigenvalue weighted by molar-refractivity contribution is -0.123. The summed E-state index contributed by atoms with van der Waals surface area (Å²) in [5.41, 5.74) is 1.79. The van der Waals surface area contributed by atoms with E-state index in [0.29, 0.717) is 30.2 Å². The molecule has 3 N–H and O–H groups in total. The molecule has 0 spiro atoms. The van der Waals surface area contributed by atoms with Gasteiger partial charge in [0.25, 0.3) is 6.47 Å². The van der Waals surface area contributed by atoms with Crippen LogP contribution in [0.5, 0.6) is 5.75 Å². The first-order valence-corrected chi connectivity index (χ1v) is 11.1. The molecule has 2 aliphatic rings. The van der Waals surface area contributed by atoms with Gasteiger partial charge in [0.2, 0.25) is 5.88 Å². The van der Waals surface area contributed by atoms with Gasteiger partial charge in [0, 0.05) is 42.3 Å². The normalized spacial score (nSPS) is 15.6. The molecule has 2 aliphatic heterocycles. The highest BCUT2D eigenvalue weighted by Crippen LogP contribution is 2.39. The Morgan fingerprint density at radius 1 is 1.17 bits per heavy atom. The van der Waals surface area contributed by atoms with Crippen molar-refractivity contribution in [1.29, 1.82) is 0 Å². The fraction of sp³-hybridized carbons (Fsp3) is 0.200. The van der Waals surface area contributed by atoms with E-state index in [0.717, 1.165) is 24.8 Å². The lowest BCUT2D eigenvalue weighted by Gasteiger charge is -2.24. The molecule has 0 saturated carbocycles. The molecule has 4 heterocycles. The van der Waals surface area contributed by atoms with E-state index in [1.165, 1.54) is 24.3 Å². The van der Waals surface area contributed by atoms with Gasteiger partial charge in [0.1, 0.15) is 5.82 Å². The zero-order chi connectivity index (χ0) is 25.5. The first-order valence-electron chi connectivity index (χ1n) is 11.1. The van der Waals surface area contributed by atoms with Crippen LogP contribution in [0, 0.1) is 5.82 Å². The van der Waals surface area contributed by atoms with Crippen molar-refractivity contribution in [2.45, 2.75) is 19.3 Å². The number of benzene rings is 1. The Morgan fingerprint density at radius 3 is 2.61 bits per heavy atom. The minimum atomic E-state index is -0.741. The molecule has 0 radical (unpaired) electrons. The van der Waals surface area contributed by atoms with E-state index in [9.17, 15) is 14.3 Å². The summed E-state index contributed by atoms with van der Waals surface area (Å²) in [4.78, 5) is 35.3. The van der Waals surface area contributed by atoms with Gasteiger partial charge in [-0.1, -0.05) is 6.42 Å². The largest absolute Gasteiger partial charge is 0.504 e. The Balaban J connectivity index is 0.000000967. The van der Waals surface area contributed by atoms with E-state index in [1.54, 1.807) is 29.6 Å². The monoisotopic (exact) mass is 494 g/mol. The number of nitrogens with one attached hydrogen (secondary N) is 1. The number of nitrogens with zero attached hydrogens (tertiary/aromatic N) is 3. The minimum Gasteiger partial charge on any atom is -0.504 e. The third kappa shape index (κ3) is 5.58. The van der Waals surface area contributed by atoms with Crippen molar-refractivity contribution >= 4 is 47.7 Å². The summed E-state index contributed by atoms with van der Waals surface area (Å²) in [7, 11) is 0. The summed E-state index contributed by atoms with van der Waals surface area (Å²) in [5, 5.41) is 22.3. The molecular formula is C25H23FN4O6. The van der Waals surface area contributed by atoms with Gasteiger partial charge in [-0.05, 0) is 55.3 Å². The molecule has 1 saturated heterocycles. The van der Waals surface area contributed by atoms with Crippen molar-refractivity contribution in [3.8, 4) is 5.75 Å². The number of hydrogen-bond acceptors (Lipinski definition) is 9. The number of piperidine rings is 1. The van der Waals surface area contributed by atoms with Crippen molar-refractivity contribution in [2.75, 3.05) is 18.4 Å². The standard InChI is InChI=1S/C24H21FN4O4.CH2O2/c25-16-6-8-17(9-7-16)28-23-20(24(31)33-29-11-2-1-3-12-29)21(30)19(32-23)13-15-14-27-22-18(15)5-4-10-26-22;2-1-3/h4-10,13-14,28,30H,1-3,11-12H2;1H,(H,2,3). The quantitative estimate of drug-likeness (QED) is 0.428. The van der Waals surface area contributed by atoms with Gasteiger partial charge < -0.3 is 24.8 Å². The van der Waals surface area contributed by atoms with Gasteiger partial charge >= 0.3 is 5.97 Å². The van der Waals surface area contributed by atoms with Crippen LogP contribution in [-0.4, -0.2) is 52.0 Å². The number of allylic oxidation sites excluding steroid dienone is 1. The molecule has 2 aromatic heterocycles. The van der Waals surface area contributed by atoms with Crippen LogP contribution in [0.3, 0.4) is 0 Å². The summed E-state index contributed by atoms with van der Waals surface area (Å²) in [6.07, 6.45) is 7.77. The lowest BCUT2D eigenvalue weighted by atomic mass is 10.1. The number of hydrogen-bond donors (Lipinski definition) is 3. The van der Waals surface area contributed by atoms with Crippen LogP contribution in [-0.2, 0) is 9.63 Å². The van der Waals surface area contributed by atoms with E-state index < -0.39 is 11.8 Å². The summed E-state index contributed by atoms with van der Waals surface area (Å²) in [6.45, 7) is 1.00. The second kappa shape index (κ2) is 11.3. The number of aromatic nitrogens is 1. The maximum atomic E-state index is 13.3. The number of carbonyl (C=O) groups is 2. The van der Waals surface area contributed by atoms with E-state index in [1.807, 2.05) is 6.07 Å². The van der Waals surface area contributed by atoms with Gasteiger partial charge in [0.15, 0.2) is 22.9 Å². The molecule has 0 amide bonds. The predicted molar refractivity (Wildman–Crippen MR) is 130 cm³/mol. The number of anilines is 2. The molecule has 0 atom stereocenters. The average Bonchev–Trinajstić information content (AvgIpc) is 3.42. The maximum absolute atomic E-state index is 13.3. The topological polar surface area (TPSA) is 137 Å². The Hall–Kier alpha value is -4.51. The molecule has 3 aromatic rings. The van der Waals surface area contributed by atoms with Crippen LogP contribution in [0.2, 0.25) is 0 Å². The number of hydroxylamine groups is 2. The second-order valence-electron chi connectivity index (χ2n) is 7.86. The highest BCUT2D eigenvalue weighted by molar-refractivity contribution is 6.21. The van der Waals surface area contributed by atoms with Crippen LogP contribution in [0.25, 0.3) is 11.6 Å². The van der Waals surface area contributed by atoms with Gasteiger partial charge in [-0.15, -0.1) is 5.06 Å². The van der Waals surface area contributed by atoms with Crippen LogP contribution >= 0.6 is 0 Å². The fourth-order valence-electron chi connectivity index (χ4n) is 3.78. The van der Waals surface area contributed by atoms with Crippen molar-refractivity contribution < 1.29 is 33.4 Å². The number of carbonyl (C=O) groups excluding carboxylic acids is 1. The number of rotatable bonds is 5. The number of furan rings is 1. The number of aliphatic imine (C=N–C) groups is 1. The zero-order valence-corrected chi connectivity index (χ0v) is 19.1. The van der Waals surface area contributed by atoms with Crippen LogP contribution < -0.4 is 5.32 Å². The van der Waals surface area contributed by atoms with E-state index in [4.69, 9.17) is 19.2 Å². The molecule has 10 nitrogen and oxygen atoms in total. The molecular weight excluding hydrogens is 471 g/mol. The van der Waals surface area contributed by atoms with Crippen LogP contribution in [0.4, 0.5) is 21.8 Å². The first kappa shape index (κ1) is 24.6. The second-order valence-corrected chi connectivity index (χ2v) is 7.86. The summed E-state index contributed by atoms with van der Waals surface area (Å²) >= 11 is 0. The van der Waals surface area contributed by atoms with Gasteiger partial charge in [-0.3, -0.25) is 4.79 Å². The zero-order valence-electron chi connectivity index (χ0n) is 19.1. The predicted octanol–water partition coefficient (Wildman–Crippen LogP) is 4.78. The van der Waals surface area contributed by atoms with Crippen LogP contribution in [0.1, 0.15) is 40.9 Å². The SMILES string of the molecule is O=C(ON1CCCCC1)c1c(Nc2ccc(F)cc2)oc(C=C2C=Nc3ncccc32)c1O.O=CO. The minimum absolute atomic E-state index is 0.00527. The Bertz CT molecular complexity index is 1300. The molecule has 11 heteroatoms. The maximum Gasteiger partial charge on any atom is 0.366 e. The molecule has 186 valence electrons. The Morgan fingerprint density at radius 2 is 1.89 bits per heavy atom.